The standard InChI is InChI=1S/C34H50ClN3O5S/c1-23-21-31(42-6)24(2)25(3)34(23)44(40,41)38-19-16-30(17-20-38)43-22-32(39)36-18-15-26-7-9-27(10-8-26)33(37(4)5)28-11-13-29(35)14-12-28/h11-14,21,26-27,30,33H,7-10,15-20,22H2,1-6H3,(H,36,39). The predicted molar refractivity (Wildman–Crippen MR) is 176 cm³/mol. The first kappa shape index (κ1) is 34.7. The van der Waals surface area contributed by atoms with Crippen LogP contribution < -0.4 is 10.1 Å². The Labute approximate surface area is 269 Å². The Morgan fingerprint density at radius 3 is 2.25 bits per heavy atom. The minimum atomic E-state index is -3.64. The highest BCUT2D eigenvalue weighted by Crippen LogP contribution is 2.40. The molecule has 1 saturated heterocycles. The average molecular weight is 648 g/mol. The van der Waals surface area contributed by atoms with Crippen molar-refractivity contribution in [3.05, 3.63) is 57.6 Å². The number of rotatable bonds is 12. The monoisotopic (exact) mass is 647 g/mol. The average Bonchev–Trinajstić information content (AvgIpc) is 3.00. The van der Waals surface area contributed by atoms with E-state index in [2.05, 4.69) is 36.4 Å². The van der Waals surface area contributed by atoms with Crippen LogP contribution in [-0.4, -0.2) is 77.1 Å². The molecule has 1 aliphatic carbocycles. The summed E-state index contributed by atoms with van der Waals surface area (Å²) in [5.41, 5.74) is 3.56. The van der Waals surface area contributed by atoms with Gasteiger partial charge in [-0.3, -0.25) is 4.79 Å². The van der Waals surface area contributed by atoms with Gasteiger partial charge in [0.2, 0.25) is 15.9 Å². The van der Waals surface area contributed by atoms with Crippen LogP contribution in [-0.2, 0) is 19.6 Å². The number of hydrogen-bond donors (Lipinski definition) is 1. The van der Waals surface area contributed by atoms with E-state index in [-0.39, 0.29) is 18.6 Å². The molecule has 10 heteroatoms. The van der Waals surface area contributed by atoms with Gasteiger partial charge >= 0.3 is 0 Å². The highest BCUT2D eigenvalue weighted by atomic mass is 35.5. The largest absolute Gasteiger partial charge is 0.496 e. The molecular formula is C34H50ClN3O5S. The first-order chi connectivity index (χ1) is 20.9. The Bertz CT molecular complexity index is 1370. The quantitative estimate of drug-likeness (QED) is 0.301. The van der Waals surface area contributed by atoms with E-state index in [1.807, 2.05) is 32.9 Å². The van der Waals surface area contributed by atoms with Crippen molar-refractivity contribution >= 4 is 27.5 Å². The molecule has 1 unspecified atom stereocenters. The van der Waals surface area contributed by atoms with Gasteiger partial charge in [-0.1, -0.05) is 36.6 Å². The van der Waals surface area contributed by atoms with E-state index in [1.165, 1.54) is 31.2 Å². The summed E-state index contributed by atoms with van der Waals surface area (Å²) in [6.45, 7) is 6.93. The number of sulfonamides is 1. The van der Waals surface area contributed by atoms with Crippen molar-refractivity contribution in [2.24, 2.45) is 11.8 Å². The minimum Gasteiger partial charge on any atom is -0.496 e. The number of nitrogens with zero attached hydrogens (tertiary/aromatic N) is 2. The maximum Gasteiger partial charge on any atom is 0.246 e. The number of piperidine rings is 1. The lowest BCUT2D eigenvalue weighted by atomic mass is 9.75. The van der Waals surface area contributed by atoms with Crippen molar-refractivity contribution in [3.8, 4) is 5.75 Å². The lowest BCUT2D eigenvalue weighted by molar-refractivity contribution is -0.128. The second-order valence-corrected chi connectivity index (χ2v) is 15.1. The number of nitrogens with one attached hydrogen (secondary N) is 1. The van der Waals surface area contributed by atoms with E-state index in [4.69, 9.17) is 21.1 Å². The van der Waals surface area contributed by atoms with E-state index in [9.17, 15) is 13.2 Å². The first-order valence-corrected chi connectivity index (χ1v) is 17.7. The van der Waals surface area contributed by atoms with Crippen molar-refractivity contribution in [1.82, 2.24) is 14.5 Å². The second kappa shape index (κ2) is 15.4. The summed E-state index contributed by atoms with van der Waals surface area (Å²) in [5, 5.41) is 3.80. The fourth-order valence-electron chi connectivity index (χ4n) is 7.10. The molecule has 244 valence electrons. The van der Waals surface area contributed by atoms with Gasteiger partial charge in [0.1, 0.15) is 12.4 Å². The second-order valence-electron chi connectivity index (χ2n) is 12.8. The Morgan fingerprint density at radius 2 is 1.66 bits per heavy atom. The van der Waals surface area contributed by atoms with Crippen LogP contribution in [0.4, 0.5) is 0 Å². The van der Waals surface area contributed by atoms with Gasteiger partial charge in [0, 0.05) is 30.7 Å². The fourth-order valence-corrected chi connectivity index (χ4v) is 9.18. The maximum absolute atomic E-state index is 13.5. The molecule has 8 nitrogen and oxygen atoms in total. The SMILES string of the molecule is COc1cc(C)c(S(=O)(=O)N2CCC(OCC(=O)NCCC3CCC(C(c4ccc(Cl)cc4)N(C)C)CC3)CC2)c(C)c1C. The van der Waals surface area contributed by atoms with E-state index >= 15 is 0 Å². The van der Waals surface area contributed by atoms with Crippen LogP contribution in [0.2, 0.25) is 5.02 Å². The molecule has 2 aromatic rings. The van der Waals surface area contributed by atoms with E-state index < -0.39 is 10.0 Å². The molecule has 1 atom stereocenters. The molecule has 0 spiro atoms. The molecule has 1 heterocycles. The van der Waals surface area contributed by atoms with E-state index in [1.54, 1.807) is 17.5 Å². The molecular weight excluding hydrogens is 598 g/mol. The normalized spacial score (nSPS) is 20.9. The Kier molecular flexibility index (Phi) is 12.2. The number of aryl methyl sites for hydroxylation is 1. The number of hydrogen-bond acceptors (Lipinski definition) is 6. The van der Waals surface area contributed by atoms with Crippen LogP contribution >= 0.6 is 11.6 Å². The van der Waals surface area contributed by atoms with Gasteiger partial charge in [0.25, 0.3) is 0 Å². The smallest absolute Gasteiger partial charge is 0.246 e. The highest BCUT2D eigenvalue weighted by Gasteiger charge is 2.33. The van der Waals surface area contributed by atoms with Gasteiger partial charge in [-0.25, -0.2) is 8.42 Å². The van der Waals surface area contributed by atoms with Gasteiger partial charge in [0.05, 0.1) is 18.1 Å². The summed E-state index contributed by atoms with van der Waals surface area (Å²) >= 11 is 6.11. The molecule has 0 aromatic heterocycles. The summed E-state index contributed by atoms with van der Waals surface area (Å²) in [6.07, 6.45) is 6.67. The van der Waals surface area contributed by atoms with Gasteiger partial charge < -0.3 is 19.7 Å². The van der Waals surface area contributed by atoms with Crippen molar-refractivity contribution < 1.29 is 22.7 Å². The zero-order chi connectivity index (χ0) is 32.0. The number of halogens is 1. The molecule has 4 rings (SSSR count). The molecule has 1 amide bonds. The molecule has 1 saturated carbocycles. The number of ether oxygens (including phenoxy) is 2. The number of benzene rings is 2. The zero-order valence-corrected chi connectivity index (χ0v) is 28.8. The third-order valence-electron chi connectivity index (χ3n) is 9.63. The predicted octanol–water partition coefficient (Wildman–Crippen LogP) is 6.06. The zero-order valence-electron chi connectivity index (χ0n) is 27.2. The Balaban J connectivity index is 1.16. The summed E-state index contributed by atoms with van der Waals surface area (Å²) in [5.74, 6) is 1.82. The molecule has 1 aliphatic heterocycles. The van der Waals surface area contributed by atoms with Gasteiger partial charge in [0.15, 0.2) is 0 Å². The lowest BCUT2D eigenvalue weighted by Gasteiger charge is -2.37. The summed E-state index contributed by atoms with van der Waals surface area (Å²) in [6, 6.07) is 10.4. The van der Waals surface area contributed by atoms with Crippen LogP contribution in [0, 0.1) is 32.6 Å². The van der Waals surface area contributed by atoms with Crippen LogP contribution in [0.1, 0.15) is 73.2 Å². The van der Waals surface area contributed by atoms with Crippen molar-refractivity contribution in [1.29, 1.82) is 0 Å². The summed E-state index contributed by atoms with van der Waals surface area (Å²) in [7, 11) is 2.26. The minimum absolute atomic E-state index is 0.00561. The molecule has 2 fully saturated rings. The van der Waals surface area contributed by atoms with E-state index in [0.717, 1.165) is 22.6 Å². The van der Waals surface area contributed by atoms with Gasteiger partial charge in [-0.15, -0.1) is 0 Å². The van der Waals surface area contributed by atoms with Crippen LogP contribution in [0.15, 0.2) is 35.2 Å². The number of carbonyl (C=O) groups excluding carboxylic acids is 1. The number of carbonyl (C=O) groups is 1. The molecule has 0 radical (unpaired) electrons. The van der Waals surface area contributed by atoms with Crippen LogP contribution in [0.3, 0.4) is 0 Å². The highest BCUT2D eigenvalue weighted by molar-refractivity contribution is 7.89. The molecule has 44 heavy (non-hydrogen) atoms. The number of methoxy groups -OCH3 is 1. The summed E-state index contributed by atoms with van der Waals surface area (Å²) < 4.78 is 39.9. The molecule has 2 aliphatic rings. The maximum atomic E-state index is 13.5. The Morgan fingerprint density at radius 1 is 1.02 bits per heavy atom. The molecule has 2 aromatic carbocycles. The van der Waals surface area contributed by atoms with E-state index in [0.29, 0.717) is 66.6 Å². The van der Waals surface area contributed by atoms with Crippen molar-refractivity contribution in [3.63, 3.8) is 0 Å². The fraction of sp³-hybridized carbons (Fsp3) is 0.618. The first-order valence-electron chi connectivity index (χ1n) is 15.9. The molecule has 1 N–H and O–H groups in total. The molecule has 0 bridgehead atoms. The Hall–Kier alpha value is -2.17. The van der Waals surface area contributed by atoms with Crippen LogP contribution in [0.25, 0.3) is 0 Å². The van der Waals surface area contributed by atoms with Crippen molar-refractivity contribution in [2.75, 3.05) is 47.4 Å². The number of amides is 1. The third-order valence-corrected chi connectivity index (χ3v) is 12.1. The third kappa shape index (κ3) is 8.35. The topological polar surface area (TPSA) is 88.2 Å². The van der Waals surface area contributed by atoms with Crippen LogP contribution in [0.5, 0.6) is 5.75 Å². The summed E-state index contributed by atoms with van der Waals surface area (Å²) in [4.78, 5) is 15.2. The van der Waals surface area contributed by atoms with Gasteiger partial charge in [-0.2, -0.15) is 4.31 Å². The lowest BCUT2D eigenvalue weighted by Crippen LogP contribution is -2.42. The van der Waals surface area contributed by atoms with Gasteiger partial charge in [-0.05, 0) is 119 Å². The van der Waals surface area contributed by atoms with Crippen molar-refractivity contribution in [2.45, 2.75) is 82.8 Å².